The van der Waals surface area contributed by atoms with Gasteiger partial charge in [-0.25, -0.2) is 27.2 Å². The van der Waals surface area contributed by atoms with Gasteiger partial charge in [-0.2, -0.15) is 0 Å². The van der Waals surface area contributed by atoms with Gasteiger partial charge in [-0.1, -0.05) is 29.5 Å². The van der Waals surface area contributed by atoms with Crippen LogP contribution in [0.25, 0.3) is 10.3 Å². The molecule has 0 radical (unpaired) electrons. The summed E-state index contributed by atoms with van der Waals surface area (Å²) < 4.78 is 60.2. The van der Waals surface area contributed by atoms with E-state index in [1.807, 2.05) is 0 Å². The maximum atomic E-state index is 14.3. The molecule has 8 nitrogen and oxygen atoms in total. The summed E-state index contributed by atoms with van der Waals surface area (Å²) in [5.41, 5.74) is 1.91. The molecule has 2 aliphatic rings. The number of carbonyl (C=O) groups excluding carboxylic acids is 1. The number of carbonyl (C=O) groups is 1. The Morgan fingerprint density at radius 3 is 2.75 bits per heavy atom. The van der Waals surface area contributed by atoms with Gasteiger partial charge < -0.3 is 15.4 Å². The molecule has 40 heavy (non-hydrogen) atoms. The molecule has 1 fully saturated rings. The first-order valence-electron chi connectivity index (χ1n) is 12.9. The summed E-state index contributed by atoms with van der Waals surface area (Å²) in [5, 5.41) is 6.34. The van der Waals surface area contributed by atoms with Crippen LogP contribution in [-0.2, 0) is 14.6 Å². The molecule has 4 aromatic rings. The van der Waals surface area contributed by atoms with E-state index >= 15 is 0 Å². The van der Waals surface area contributed by atoms with Crippen molar-refractivity contribution in [3.8, 4) is 5.88 Å². The summed E-state index contributed by atoms with van der Waals surface area (Å²) in [6.07, 6.45) is 0.739. The molecule has 0 spiro atoms. The number of sulfone groups is 1. The average molecular weight is 585 g/mol. The van der Waals surface area contributed by atoms with Gasteiger partial charge in [-0.15, -0.1) is 0 Å². The molecule has 2 atom stereocenters. The lowest BCUT2D eigenvalue weighted by Crippen LogP contribution is -2.30. The number of alkyl halides is 2. The maximum absolute atomic E-state index is 14.3. The van der Waals surface area contributed by atoms with Crippen LogP contribution in [0.4, 0.5) is 25.3 Å². The van der Waals surface area contributed by atoms with Gasteiger partial charge >= 0.3 is 0 Å². The lowest BCUT2D eigenvalue weighted by Gasteiger charge is -2.31. The van der Waals surface area contributed by atoms with Gasteiger partial charge in [0.05, 0.1) is 34.2 Å². The second-order valence-corrected chi connectivity index (χ2v) is 13.0. The fourth-order valence-corrected chi connectivity index (χ4v) is 7.91. The number of rotatable bonds is 6. The van der Waals surface area contributed by atoms with Crippen LogP contribution >= 0.6 is 11.3 Å². The summed E-state index contributed by atoms with van der Waals surface area (Å²) in [6.45, 7) is 0. The number of hydrogen-bond donors (Lipinski definition) is 2. The van der Waals surface area contributed by atoms with Gasteiger partial charge in [0.15, 0.2) is 5.13 Å². The Hall–Kier alpha value is -3.64. The third kappa shape index (κ3) is 5.01. The van der Waals surface area contributed by atoms with Gasteiger partial charge in [0, 0.05) is 18.9 Å². The number of pyridine rings is 1. The number of halogens is 2. The van der Waals surface area contributed by atoms with E-state index in [9.17, 15) is 22.0 Å². The second kappa shape index (κ2) is 10.1. The van der Waals surface area contributed by atoms with Crippen LogP contribution in [0.2, 0.25) is 0 Å². The van der Waals surface area contributed by atoms with E-state index in [2.05, 4.69) is 20.6 Å². The zero-order valence-electron chi connectivity index (χ0n) is 21.5. The number of anilines is 3. The standard InChI is InChI=1S/C28H26F2N4O4S2/c1-38-24-11-9-20-26(33-24)39-27(32-20)34-25(35)18(13-16-5-4-12-28(29,30)15-16)17-8-10-23-21(14-17)31-19-6-2-3-7-22(19)40(23,36)37/h2-3,6-11,14,16,18,31H,4-5,12-13,15H2,1H3,(H,32,34,35). The van der Waals surface area contributed by atoms with Crippen molar-refractivity contribution in [1.29, 1.82) is 0 Å². The largest absolute Gasteiger partial charge is 0.481 e. The van der Waals surface area contributed by atoms with E-state index in [0.717, 1.165) is 0 Å². The number of benzene rings is 2. The monoisotopic (exact) mass is 584 g/mol. The molecule has 0 saturated heterocycles. The van der Waals surface area contributed by atoms with Crippen LogP contribution in [0, 0.1) is 5.92 Å². The summed E-state index contributed by atoms with van der Waals surface area (Å²) in [4.78, 5) is 23.4. The lowest BCUT2D eigenvalue weighted by atomic mass is 9.78. The van der Waals surface area contributed by atoms with Gasteiger partial charge in [0.1, 0.15) is 10.3 Å². The topological polar surface area (TPSA) is 110 Å². The number of nitrogens with one attached hydrogen (secondary N) is 2. The minimum absolute atomic E-state index is 0.101. The molecule has 2 unspecified atom stereocenters. The fraction of sp³-hybridized carbons (Fsp3) is 0.321. The Kier molecular flexibility index (Phi) is 6.70. The van der Waals surface area contributed by atoms with Crippen LogP contribution in [0.3, 0.4) is 0 Å². The van der Waals surface area contributed by atoms with E-state index in [4.69, 9.17) is 4.74 Å². The maximum Gasteiger partial charge on any atom is 0.248 e. The molecule has 2 N–H and O–H groups in total. The number of amides is 1. The summed E-state index contributed by atoms with van der Waals surface area (Å²) in [5.74, 6) is -3.92. The Bertz CT molecular complexity index is 1720. The molecule has 1 aliphatic heterocycles. The Morgan fingerprint density at radius 1 is 1.15 bits per heavy atom. The van der Waals surface area contributed by atoms with E-state index in [-0.39, 0.29) is 35.0 Å². The van der Waals surface area contributed by atoms with Gasteiger partial charge in [-0.3, -0.25) is 4.79 Å². The minimum Gasteiger partial charge on any atom is -0.481 e. The van der Waals surface area contributed by atoms with Crippen molar-refractivity contribution < 1.29 is 26.7 Å². The van der Waals surface area contributed by atoms with Crippen molar-refractivity contribution in [2.75, 3.05) is 17.7 Å². The third-order valence-electron chi connectivity index (χ3n) is 7.44. The Morgan fingerprint density at radius 2 is 1.95 bits per heavy atom. The molecule has 0 bridgehead atoms. The summed E-state index contributed by atoms with van der Waals surface area (Å²) in [7, 11) is -2.26. The first-order valence-corrected chi connectivity index (χ1v) is 15.2. The number of fused-ring (bicyclic) bond motifs is 3. The normalized spacial score (nSPS) is 19.6. The minimum atomic E-state index is -3.76. The Labute approximate surface area is 233 Å². The third-order valence-corrected chi connectivity index (χ3v) is 10.2. The highest BCUT2D eigenvalue weighted by atomic mass is 32.2. The SMILES string of the molecule is COc1ccc2nc(NC(=O)C(CC3CCCC(F)(F)C3)c3ccc4c(c3)Nc3ccccc3S4(=O)=O)sc2n1. The number of aromatic nitrogens is 2. The van der Waals surface area contributed by atoms with E-state index in [0.29, 0.717) is 51.1 Å². The molecule has 6 rings (SSSR count). The number of nitrogens with zero attached hydrogens (tertiary/aromatic N) is 2. The fourth-order valence-electron chi connectivity index (χ4n) is 5.53. The van der Waals surface area contributed by atoms with Crippen molar-refractivity contribution in [3.63, 3.8) is 0 Å². The first-order chi connectivity index (χ1) is 19.1. The van der Waals surface area contributed by atoms with E-state index in [1.165, 1.54) is 30.6 Å². The molecule has 3 heterocycles. The van der Waals surface area contributed by atoms with E-state index in [1.54, 1.807) is 42.5 Å². The highest BCUT2D eigenvalue weighted by molar-refractivity contribution is 7.92. The van der Waals surface area contributed by atoms with Crippen molar-refractivity contribution in [1.82, 2.24) is 9.97 Å². The molecule has 1 saturated carbocycles. The molecular weight excluding hydrogens is 558 g/mol. The average Bonchev–Trinajstić information content (AvgIpc) is 3.32. The van der Waals surface area contributed by atoms with Crippen molar-refractivity contribution in [2.45, 2.75) is 53.7 Å². The van der Waals surface area contributed by atoms with Crippen LogP contribution in [-0.4, -0.2) is 37.3 Å². The summed E-state index contributed by atoms with van der Waals surface area (Å²) in [6, 6.07) is 14.7. The van der Waals surface area contributed by atoms with Crippen molar-refractivity contribution in [3.05, 3.63) is 60.2 Å². The van der Waals surface area contributed by atoms with Crippen LogP contribution in [0.1, 0.15) is 43.6 Å². The molecule has 12 heteroatoms. The number of para-hydroxylation sites is 1. The number of hydrogen-bond acceptors (Lipinski definition) is 8. The highest BCUT2D eigenvalue weighted by Crippen LogP contribution is 2.44. The predicted octanol–water partition coefficient (Wildman–Crippen LogP) is 6.53. The smallest absolute Gasteiger partial charge is 0.248 e. The summed E-state index contributed by atoms with van der Waals surface area (Å²) >= 11 is 1.18. The van der Waals surface area contributed by atoms with Crippen LogP contribution in [0.15, 0.2) is 64.4 Å². The molecule has 2 aromatic heterocycles. The van der Waals surface area contributed by atoms with Crippen LogP contribution < -0.4 is 15.4 Å². The van der Waals surface area contributed by atoms with E-state index < -0.39 is 27.6 Å². The molecular formula is C28H26F2N4O4S2. The van der Waals surface area contributed by atoms with Crippen LogP contribution in [0.5, 0.6) is 5.88 Å². The molecule has 1 amide bonds. The predicted molar refractivity (Wildman–Crippen MR) is 148 cm³/mol. The molecule has 1 aliphatic carbocycles. The van der Waals surface area contributed by atoms with Gasteiger partial charge in [-0.05, 0) is 61.1 Å². The zero-order valence-corrected chi connectivity index (χ0v) is 23.1. The second-order valence-electron chi connectivity index (χ2n) is 10.2. The number of methoxy groups -OCH3 is 1. The lowest BCUT2D eigenvalue weighted by molar-refractivity contribution is -0.118. The first kappa shape index (κ1) is 26.6. The highest BCUT2D eigenvalue weighted by Gasteiger charge is 2.39. The zero-order chi connectivity index (χ0) is 28.1. The molecule has 2 aromatic carbocycles. The number of ether oxygens (including phenoxy) is 1. The van der Waals surface area contributed by atoms with Crippen molar-refractivity contribution >= 4 is 53.9 Å². The Balaban J connectivity index is 1.34. The molecule has 208 valence electrons. The van der Waals surface area contributed by atoms with Crippen molar-refractivity contribution in [2.24, 2.45) is 5.92 Å². The quantitative estimate of drug-likeness (QED) is 0.234. The van der Waals surface area contributed by atoms with Gasteiger partial charge in [0.25, 0.3) is 0 Å². The van der Waals surface area contributed by atoms with Gasteiger partial charge in [0.2, 0.25) is 27.5 Å². The number of thiazole rings is 1.